The first kappa shape index (κ1) is 15.2. The molecule has 1 unspecified atom stereocenters. The van der Waals surface area contributed by atoms with Crippen LogP contribution in [0.1, 0.15) is 29.8 Å². The molecule has 1 atom stereocenters. The molecular formula is C13H22ClN3O. The van der Waals surface area contributed by atoms with Gasteiger partial charge in [-0.25, -0.2) is 0 Å². The summed E-state index contributed by atoms with van der Waals surface area (Å²) in [6.45, 7) is 2.55. The lowest BCUT2D eigenvalue weighted by atomic mass is 10.0. The van der Waals surface area contributed by atoms with Crippen LogP contribution >= 0.6 is 12.4 Å². The van der Waals surface area contributed by atoms with E-state index in [4.69, 9.17) is 0 Å². The van der Waals surface area contributed by atoms with Crippen molar-refractivity contribution in [3.63, 3.8) is 0 Å². The second kappa shape index (κ2) is 7.56. The van der Waals surface area contributed by atoms with E-state index < -0.39 is 0 Å². The fraction of sp³-hybridized carbons (Fsp3) is 0.615. The minimum absolute atomic E-state index is 0. The van der Waals surface area contributed by atoms with Crippen molar-refractivity contribution in [3.8, 4) is 0 Å². The van der Waals surface area contributed by atoms with Crippen LogP contribution in [-0.4, -0.2) is 48.4 Å². The number of carbonyl (C=O) groups is 1. The molecule has 5 heteroatoms. The molecule has 4 nitrogen and oxygen atoms in total. The zero-order valence-corrected chi connectivity index (χ0v) is 11.6. The topological polar surface area (TPSA) is 48.1 Å². The second-order valence-corrected chi connectivity index (χ2v) is 4.85. The number of nitrogens with zero attached hydrogens (tertiary/aromatic N) is 1. The van der Waals surface area contributed by atoms with Crippen molar-refractivity contribution >= 4 is 18.2 Å². The maximum atomic E-state index is 11.9. The molecule has 1 fully saturated rings. The number of carbonyl (C=O) groups excluding carboxylic acids is 1. The first-order valence-corrected chi connectivity index (χ1v) is 6.34. The van der Waals surface area contributed by atoms with Crippen LogP contribution in [0.3, 0.4) is 0 Å². The summed E-state index contributed by atoms with van der Waals surface area (Å²) in [6, 6.07) is 4.23. The molecule has 0 amide bonds. The minimum Gasteiger partial charge on any atom is -0.359 e. The lowest BCUT2D eigenvalue weighted by molar-refractivity contribution is 0.0934. The summed E-state index contributed by atoms with van der Waals surface area (Å²) in [5.41, 5.74) is 0.702. The van der Waals surface area contributed by atoms with Gasteiger partial charge in [0.05, 0.1) is 12.2 Å². The van der Waals surface area contributed by atoms with Crippen molar-refractivity contribution in [1.82, 2.24) is 15.2 Å². The Labute approximate surface area is 115 Å². The predicted molar refractivity (Wildman–Crippen MR) is 75.5 cm³/mol. The summed E-state index contributed by atoms with van der Waals surface area (Å²) in [5.74, 6) is 0.160. The largest absolute Gasteiger partial charge is 0.359 e. The van der Waals surface area contributed by atoms with Gasteiger partial charge in [0, 0.05) is 18.8 Å². The Balaban J connectivity index is 0.00000162. The molecule has 1 aliphatic heterocycles. The Morgan fingerprint density at radius 2 is 2.33 bits per heavy atom. The van der Waals surface area contributed by atoms with Crippen LogP contribution in [0, 0.1) is 0 Å². The monoisotopic (exact) mass is 271 g/mol. The first-order valence-electron chi connectivity index (χ1n) is 6.34. The number of aromatic amines is 1. The van der Waals surface area contributed by atoms with Crippen molar-refractivity contribution in [3.05, 3.63) is 24.0 Å². The molecule has 18 heavy (non-hydrogen) atoms. The van der Waals surface area contributed by atoms with E-state index in [0.717, 1.165) is 13.1 Å². The van der Waals surface area contributed by atoms with Crippen LogP contribution < -0.4 is 5.32 Å². The molecule has 2 rings (SSSR count). The number of ketones is 1. The highest BCUT2D eigenvalue weighted by molar-refractivity contribution is 5.95. The number of aromatic nitrogens is 1. The van der Waals surface area contributed by atoms with E-state index in [1.165, 1.54) is 19.3 Å². The van der Waals surface area contributed by atoms with Crippen molar-refractivity contribution in [2.24, 2.45) is 0 Å². The molecule has 2 heterocycles. The Morgan fingerprint density at radius 3 is 2.94 bits per heavy atom. The summed E-state index contributed by atoms with van der Waals surface area (Å²) in [6.07, 6.45) is 5.59. The van der Waals surface area contributed by atoms with Gasteiger partial charge in [-0.1, -0.05) is 6.42 Å². The van der Waals surface area contributed by atoms with Crippen LogP contribution in [0.15, 0.2) is 18.3 Å². The number of hydrogen-bond acceptors (Lipinski definition) is 3. The molecule has 1 aromatic rings. The average molecular weight is 272 g/mol. The summed E-state index contributed by atoms with van der Waals surface area (Å²) in [4.78, 5) is 16.9. The van der Waals surface area contributed by atoms with Crippen molar-refractivity contribution in [1.29, 1.82) is 0 Å². The Kier molecular flexibility index (Phi) is 6.39. The standard InChI is InChI=1S/C13H21N3O.ClH/c1-16(9-11-5-2-3-7-14-11)10-13(17)12-6-4-8-15-12;/h4,6,8,11,14-15H,2-3,5,7,9-10H2,1H3;1H. The molecule has 0 radical (unpaired) electrons. The van der Waals surface area contributed by atoms with Crippen LogP contribution in [0.5, 0.6) is 0 Å². The lowest BCUT2D eigenvalue weighted by Crippen LogP contribution is -2.43. The van der Waals surface area contributed by atoms with E-state index in [2.05, 4.69) is 15.2 Å². The van der Waals surface area contributed by atoms with Gasteiger partial charge in [0.1, 0.15) is 0 Å². The van der Waals surface area contributed by atoms with Crippen molar-refractivity contribution < 1.29 is 4.79 Å². The van der Waals surface area contributed by atoms with Gasteiger partial charge >= 0.3 is 0 Å². The Morgan fingerprint density at radius 1 is 1.50 bits per heavy atom. The van der Waals surface area contributed by atoms with Gasteiger partial charge in [0.2, 0.25) is 0 Å². The molecule has 0 saturated carbocycles. The number of piperidine rings is 1. The van der Waals surface area contributed by atoms with Crippen LogP contribution in [0.25, 0.3) is 0 Å². The third kappa shape index (κ3) is 4.44. The maximum Gasteiger partial charge on any atom is 0.192 e. The van der Waals surface area contributed by atoms with Gasteiger partial charge in [0.15, 0.2) is 5.78 Å². The molecule has 0 spiro atoms. The van der Waals surface area contributed by atoms with E-state index in [1.54, 1.807) is 6.20 Å². The van der Waals surface area contributed by atoms with Crippen molar-refractivity contribution in [2.45, 2.75) is 25.3 Å². The fourth-order valence-corrected chi connectivity index (χ4v) is 2.35. The first-order chi connectivity index (χ1) is 8.25. The zero-order chi connectivity index (χ0) is 12.1. The molecular weight excluding hydrogens is 250 g/mol. The second-order valence-electron chi connectivity index (χ2n) is 4.85. The number of halogens is 1. The molecule has 1 saturated heterocycles. The van der Waals surface area contributed by atoms with E-state index in [0.29, 0.717) is 18.3 Å². The summed E-state index contributed by atoms with van der Waals surface area (Å²) < 4.78 is 0. The normalized spacial score (nSPS) is 19.6. The van der Waals surface area contributed by atoms with Crippen molar-refractivity contribution in [2.75, 3.05) is 26.7 Å². The van der Waals surface area contributed by atoms with E-state index in [1.807, 2.05) is 19.2 Å². The highest BCUT2D eigenvalue weighted by Gasteiger charge is 2.16. The highest BCUT2D eigenvalue weighted by atomic mass is 35.5. The van der Waals surface area contributed by atoms with Gasteiger partial charge in [-0.05, 0) is 38.6 Å². The molecule has 0 aromatic carbocycles. The number of Topliss-reactive ketones (excluding diaryl/α,β-unsaturated/α-hetero) is 1. The number of hydrogen-bond donors (Lipinski definition) is 2. The smallest absolute Gasteiger partial charge is 0.192 e. The van der Waals surface area contributed by atoms with E-state index in [-0.39, 0.29) is 18.2 Å². The average Bonchev–Trinajstić information content (AvgIpc) is 2.83. The number of H-pyrrole nitrogens is 1. The van der Waals surface area contributed by atoms with Crippen LogP contribution in [0.4, 0.5) is 0 Å². The zero-order valence-electron chi connectivity index (χ0n) is 10.8. The van der Waals surface area contributed by atoms with Crippen LogP contribution in [0.2, 0.25) is 0 Å². The Bertz CT molecular complexity index is 347. The molecule has 1 aromatic heterocycles. The number of likely N-dealkylation sites (N-methyl/N-ethyl adjacent to an activating group) is 1. The van der Waals surface area contributed by atoms with Gasteiger partial charge in [-0.15, -0.1) is 12.4 Å². The summed E-state index contributed by atoms with van der Waals surface area (Å²) >= 11 is 0. The van der Waals surface area contributed by atoms with Gasteiger partial charge in [-0.3, -0.25) is 9.69 Å². The molecule has 2 N–H and O–H groups in total. The molecule has 1 aliphatic rings. The van der Waals surface area contributed by atoms with Gasteiger partial charge in [0.25, 0.3) is 0 Å². The minimum atomic E-state index is 0. The summed E-state index contributed by atoms with van der Waals surface area (Å²) in [5, 5.41) is 3.50. The number of nitrogens with one attached hydrogen (secondary N) is 2. The quantitative estimate of drug-likeness (QED) is 0.802. The third-order valence-corrected chi connectivity index (χ3v) is 3.26. The maximum absolute atomic E-state index is 11.9. The predicted octanol–water partition coefficient (Wildman–Crippen LogP) is 1.69. The molecule has 0 aliphatic carbocycles. The highest BCUT2D eigenvalue weighted by Crippen LogP contribution is 2.08. The van der Waals surface area contributed by atoms with Gasteiger partial charge in [-0.2, -0.15) is 0 Å². The number of rotatable bonds is 5. The lowest BCUT2D eigenvalue weighted by Gasteiger charge is -2.27. The Hall–Kier alpha value is -0.840. The molecule has 102 valence electrons. The van der Waals surface area contributed by atoms with E-state index in [9.17, 15) is 4.79 Å². The van der Waals surface area contributed by atoms with Crippen LogP contribution in [-0.2, 0) is 0 Å². The van der Waals surface area contributed by atoms with E-state index >= 15 is 0 Å². The van der Waals surface area contributed by atoms with Gasteiger partial charge < -0.3 is 10.3 Å². The third-order valence-electron chi connectivity index (χ3n) is 3.26. The summed E-state index contributed by atoms with van der Waals surface area (Å²) in [7, 11) is 2.01. The SMILES string of the molecule is CN(CC(=O)c1ccc[nH]1)CC1CCCCN1.Cl. The fourth-order valence-electron chi connectivity index (χ4n) is 2.35. The molecule has 0 bridgehead atoms.